The predicted molar refractivity (Wildman–Crippen MR) is 112 cm³/mol. The molecule has 0 aliphatic heterocycles. The first kappa shape index (κ1) is 17.7. The number of allylic oxidation sites excluding steroid dienone is 8. The number of rotatable bonds is 4. The van der Waals surface area contributed by atoms with Gasteiger partial charge in [-0.1, -0.05) is 82.0 Å². The van der Waals surface area contributed by atoms with Crippen LogP contribution in [0.5, 0.6) is 0 Å². The molecular formula is C25H30. The maximum atomic E-state index is 4.58. The first-order valence-corrected chi connectivity index (χ1v) is 9.54. The summed E-state index contributed by atoms with van der Waals surface area (Å²) in [4.78, 5) is 0. The molecule has 0 saturated heterocycles. The zero-order valence-corrected chi connectivity index (χ0v) is 16.1. The molecule has 1 aromatic carbocycles. The summed E-state index contributed by atoms with van der Waals surface area (Å²) < 4.78 is 0. The Kier molecular flexibility index (Phi) is 4.99. The summed E-state index contributed by atoms with van der Waals surface area (Å²) in [7, 11) is 0. The van der Waals surface area contributed by atoms with Crippen LogP contribution in [0.25, 0.3) is 11.6 Å². The second-order valence-corrected chi connectivity index (χ2v) is 7.65. The normalized spacial score (nSPS) is 21.9. The van der Waals surface area contributed by atoms with Crippen molar-refractivity contribution in [3.8, 4) is 0 Å². The van der Waals surface area contributed by atoms with Crippen LogP contribution in [0.2, 0.25) is 0 Å². The summed E-state index contributed by atoms with van der Waals surface area (Å²) >= 11 is 0. The van der Waals surface area contributed by atoms with E-state index in [0.29, 0.717) is 5.92 Å². The molecule has 0 heterocycles. The molecule has 3 rings (SSSR count). The van der Waals surface area contributed by atoms with E-state index < -0.39 is 0 Å². The number of hydrogen-bond acceptors (Lipinski definition) is 0. The molecule has 25 heavy (non-hydrogen) atoms. The standard InChI is InChI=1S/C25H30/c1-6-8-9-13-20-15-11-17-22-24(20)18(3)23-19(12-7-2)14-10-16-21(23)25(22,4)5/h7-12,14,16-17,20H,3,6,13,15H2,1-2,4-5H3/b9-8?,12-7-. The van der Waals surface area contributed by atoms with E-state index in [2.05, 4.69) is 88.9 Å². The average molecular weight is 331 g/mol. The lowest BCUT2D eigenvalue weighted by atomic mass is 9.62. The van der Waals surface area contributed by atoms with E-state index in [4.69, 9.17) is 0 Å². The van der Waals surface area contributed by atoms with Crippen molar-refractivity contribution in [3.05, 3.63) is 83.0 Å². The van der Waals surface area contributed by atoms with Crippen molar-refractivity contribution < 1.29 is 0 Å². The predicted octanol–water partition coefficient (Wildman–Crippen LogP) is 7.25. The summed E-state index contributed by atoms with van der Waals surface area (Å²) in [6.45, 7) is 13.6. The summed E-state index contributed by atoms with van der Waals surface area (Å²) in [6, 6.07) is 6.69. The van der Waals surface area contributed by atoms with E-state index in [1.807, 2.05) is 0 Å². The highest BCUT2D eigenvalue weighted by Crippen LogP contribution is 2.52. The van der Waals surface area contributed by atoms with Crippen molar-refractivity contribution in [1.82, 2.24) is 0 Å². The maximum absolute atomic E-state index is 4.58. The van der Waals surface area contributed by atoms with Crippen LogP contribution in [0, 0.1) is 5.92 Å². The van der Waals surface area contributed by atoms with Crippen molar-refractivity contribution in [2.75, 3.05) is 0 Å². The second kappa shape index (κ2) is 7.04. The highest BCUT2D eigenvalue weighted by atomic mass is 14.4. The van der Waals surface area contributed by atoms with Gasteiger partial charge in [-0.25, -0.2) is 0 Å². The van der Waals surface area contributed by atoms with Gasteiger partial charge in [0, 0.05) is 5.41 Å². The smallest absolute Gasteiger partial charge is 0.0155 e. The molecule has 130 valence electrons. The molecule has 2 aliphatic rings. The average Bonchev–Trinajstić information content (AvgIpc) is 2.60. The fourth-order valence-electron chi connectivity index (χ4n) is 4.40. The fourth-order valence-corrected chi connectivity index (χ4v) is 4.40. The van der Waals surface area contributed by atoms with Gasteiger partial charge in [0.2, 0.25) is 0 Å². The van der Waals surface area contributed by atoms with Gasteiger partial charge in [0.1, 0.15) is 0 Å². The Morgan fingerprint density at radius 3 is 2.76 bits per heavy atom. The monoisotopic (exact) mass is 330 g/mol. The Labute approximate surface area is 153 Å². The first-order valence-electron chi connectivity index (χ1n) is 9.54. The van der Waals surface area contributed by atoms with Crippen LogP contribution in [-0.2, 0) is 5.41 Å². The van der Waals surface area contributed by atoms with Gasteiger partial charge < -0.3 is 0 Å². The van der Waals surface area contributed by atoms with Crippen LogP contribution in [0.4, 0.5) is 0 Å². The van der Waals surface area contributed by atoms with Crippen LogP contribution < -0.4 is 0 Å². The number of hydrogen-bond donors (Lipinski definition) is 0. The number of benzene rings is 1. The maximum Gasteiger partial charge on any atom is 0.0155 e. The largest absolute Gasteiger partial charge is 0.0908 e. The molecule has 0 nitrogen and oxygen atoms in total. The van der Waals surface area contributed by atoms with E-state index >= 15 is 0 Å². The van der Waals surface area contributed by atoms with Gasteiger partial charge in [0.05, 0.1) is 0 Å². The molecule has 0 saturated carbocycles. The summed E-state index contributed by atoms with van der Waals surface area (Å²) in [5.74, 6) is 0.543. The van der Waals surface area contributed by atoms with Crippen LogP contribution in [0.3, 0.4) is 0 Å². The van der Waals surface area contributed by atoms with E-state index in [-0.39, 0.29) is 5.41 Å². The minimum absolute atomic E-state index is 0.0209. The van der Waals surface area contributed by atoms with Gasteiger partial charge in [-0.15, -0.1) is 0 Å². The summed E-state index contributed by atoms with van der Waals surface area (Å²) in [5, 5.41) is 0. The molecule has 0 fully saturated rings. The van der Waals surface area contributed by atoms with E-state index in [1.165, 1.54) is 33.4 Å². The van der Waals surface area contributed by atoms with Gasteiger partial charge >= 0.3 is 0 Å². The Morgan fingerprint density at radius 2 is 2.04 bits per heavy atom. The zero-order valence-electron chi connectivity index (χ0n) is 16.1. The van der Waals surface area contributed by atoms with Crippen LogP contribution in [0.15, 0.2) is 66.3 Å². The van der Waals surface area contributed by atoms with Crippen molar-refractivity contribution in [2.45, 2.75) is 52.4 Å². The molecule has 0 amide bonds. The van der Waals surface area contributed by atoms with Gasteiger partial charge in [0.25, 0.3) is 0 Å². The van der Waals surface area contributed by atoms with Crippen molar-refractivity contribution in [2.24, 2.45) is 5.92 Å². The molecule has 0 N–H and O–H groups in total. The molecule has 0 radical (unpaired) electrons. The molecule has 1 atom stereocenters. The van der Waals surface area contributed by atoms with Crippen LogP contribution in [-0.4, -0.2) is 0 Å². The molecule has 0 aromatic heterocycles. The second-order valence-electron chi connectivity index (χ2n) is 7.65. The molecule has 1 aromatic rings. The Morgan fingerprint density at radius 1 is 1.24 bits per heavy atom. The molecule has 1 unspecified atom stereocenters. The van der Waals surface area contributed by atoms with Gasteiger partial charge in [-0.3, -0.25) is 0 Å². The molecule has 0 bridgehead atoms. The lowest BCUT2D eigenvalue weighted by Gasteiger charge is -2.42. The Balaban J connectivity index is 2.17. The quantitative estimate of drug-likeness (QED) is 0.510. The molecule has 0 heteroatoms. The highest BCUT2D eigenvalue weighted by Gasteiger charge is 2.38. The Hall–Kier alpha value is -2.08. The lowest BCUT2D eigenvalue weighted by Crippen LogP contribution is -2.30. The molecule has 0 spiro atoms. The topological polar surface area (TPSA) is 0 Å². The third kappa shape index (κ3) is 2.99. The third-order valence-corrected chi connectivity index (χ3v) is 5.64. The van der Waals surface area contributed by atoms with Crippen molar-refractivity contribution in [1.29, 1.82) is 0 Å². The fraction of sp³-hybridized carbons (Fsp3) is 0.360. The highest BCUT2D eigenvalue weighted by molar-refractivity contribution is 5.90. The van der Waals surface area contributed by atoms with Crippen molar-refractivity contribution in [3.63, 3.8) is 0 Å². The minimum atomic E-state index is 0.0209. The summed E-state index contributed by atoms with van der Waals surface area (Å²) in [6.07, 6.45) is 17.0. The molecule has 2 aliphatic carbocycles. The van der Waals surface area contributed by atoms with Crippen LogP contribution in [0.1, 0.15) is 63.6 Å². The lowest BCUT2D eigenvalue weighted by molar-refractivity contribution is 0.567. The Bertz CT molecular complexity index is 793. The SMILES string of the molecule is C=C1C2=C(C=CCC2CC=CCC)C(C)(C)c2cccc(/C=C\C)c21. The van der Waals surface area contributed by atoms with E-state index in [9.17, 15) is 0 Å². The van der Waals surface area contributed by atoms with E-state index in [1.54, 1.807) is 0 Å². The van der Waals surface area contributed by atoms with Gasteiger partial charge in [-0.05, 0) is 65.5 Å². The van der Waals surface area contributed by atoms with E-state index in [0.717, 1.165) is 19.3 Å². The summed E-state index contributed by atoms with van der Waals surface area (Å²) in [5.41, 5.74) is 8.25. The van der Waals surface area contributed by atoms with Gasteiger partial charge in [0.15, 0.2) is 0 Å². The van der Waals surface area contributed by atoms with Crippen LogP contribution >= 0.6 is 0 Å². The third-order valence-electron chi connectivity index (χ3n) is 5.64. The minimum Gasteiger partial charge on any atom is -0.0908 e. The van der Waals surface area contributed by atoms with Crippen molar-refractivity contribution >= 4 is 11.6 Å². The number of fused-ring (bicyclic) bond motifs is 1. The van der Waals surface area contributed by atoms with Gasteiger partial charge in [-0.2, -0.15) is 0 Å². The first-order chi connectivity index (χ1) is 12.0. The zero-order chi connectivity index (χ0) is 18.0. The molecular weight excluding hydrogens is 300 g/mol.